The molecule has 0 radical (unpaired) electrons. The molecule has 0 unspecified atom stereocenters. The number of aliphatic hydroxyl groups is 1. The van der Waals surface area contributed by atoms with Crippen LogP contribution in [0.2, 0.25) is 5.02 Å². The molecule has 5 heteroatoms. The summed E-state index contributed by atoms with van der Waals surface area (Å²) in [6, 6.07) is 6.56. The maximum Gasteiger partial charge on any atom is 0.347 e. The number of hydrogen-bond acceptors (Lipinski definition) is 3. The highest BCUT2D eigenvalue weighted by Crippen LogP contribution is 2.20. The van der Waals surface area contributed by atoms with Crippen LogP contribution in [-0.2, 0) is 4.79 Å². The number of halogens is 1. The molecule has 0 atom stereocenters. The van der Waals surface area contributed by atoms with Gasteiger partial charge in [-0.1, -0.05) is 11.6 Å². The second kappa shape index (κ2) is 7.14. The Morgan fingerprint density at radius 2 is 1.76 bits per heavy atom. The quantitative estimate of drug-likeness (QED) is 0.877. The number of hydrogen-bond donors (Lipinski definition) is 2. The van der Waals surface area contributed by atoms with Crippen LogP contribution in [0.25, 0.3) is 0 Å². The summed E-state index contributed by atoms with van der Waals surface area (Å²) in [6.45, 7) is 4.91. The lowest BCUT2D eigenvalue weighted by atomic mass is 10.1. The van der Waals surface area contributed by atoms with Crippen molar-refractivity contribution in [3.05, 3.63) is 29.3 Å². The van der Waals surface area contributed by atoms with Crippen molar-refractivity contribution in [3.63, 3.8) is 0 Å². The highest BCUT2D eigenvalue weighted by Gasteiger charge is 2.29. The molecule has 1 rings (SSSR count). The third-order valence-electron chi connectivity index (χ3n) is 1.70. The van der Waals surface area contributed by atoms with Crippen molar-refractivity contribution in [1.29, 1.82) is 0 Å². The first kappa shape index (κ1) is 15.7. The van der Waals surface area contributed by atoms with Gasteiger partial charge in [0.1, 0.15) is 5.75 Å². The van der Waals surface area contributed by atoms with E-state index in [4.69, 9.17) is 26.6 Å². The molecule has 0 amide bonds. The van der Waals surface area contributed by atoms with E-state index in [1.54, 1.807) is 31.2 Å². The molecule has 0 saturated heterocycles. The Morgan fingerprint density at radius 3 is 2.12 bits per heavy atom. The number of carboxylic acids is 1. The normalized spacial score (nSPS) is 10.2. The number of carboxylic acid groups (broad SMARTS) is 1. The maximum atomic E-state index is 10.7. The van der Waals surface area contributed by atoms with Gasteiger partial charge in [0.2, 0.25) is 0 Å². The molecular formula is C12H17ClO4. The number of carbonyl (C=O) groups is 1. The number of aliphatic hydroxyl groups excluding tert-OH is 1. The molecule has 0 saturated carbocycles. The fraction of sp³-hybridized carbons (Fsp3) is 0.417. The van der Waals surface area contributed by atoms with Crippen LogP contribution in [0.1, 0.15) is 20.8 Å². The molecule has 1 aromatic carbocycles. The molecule has 4 nitrogen and oxygen atoms in total. The van der Waals surface area contributed by atoms with Crippen LogP contribution in [0.4, 0.5) is 0 Å². The summed E-state index contributed by atoms with van der Waals surface area (Å²) in [5, 5.41) is 17.0. The van der Waals surface area contributed by atoms with Crippen molar-refractivity contribution in [2.75, 3.05) is 6.61 Å². The molecule has 0 fully saturated rings. The smallest absolute Gasteiger partial charge is 0.347 e. The van der Waals surface area contributed by atoms with Gasteiger partial charge in [-0.15, -0.1) is 0 Å². The van der Waals surface area contributed by atoms with Crippen molar-refractivity contribution < 1.29 is 19.7 Å². The van der Waals surface area contributed by atoms with E-state index < -0.39 is 11.6 Å². The fourth-order valence-corrected chi connectivity index (χ4v) is 0.967. The fourth-order valence-electron chi connectivity index (χ4n) is 0.841. The highest BCUT2D eigenvalue weighted by molar-refractivity contribution is 6.30. The van der Waals surface area contributed by atoms with E-state index >= 15 is 0 Å². The van der Waals surface area contributed by atoms with Crippen molar-refractivity contribution in [2.45, 2.75) is 26.4 Å². The van der Waals surface area contributed by atoms with Crippen molar-refractivity contribution in [2.24, 2.45) is 0 Å². The Morgan fingerprint density at radius 1 is 1.35 bits per heavy atom. The molecule has 0 aliphatic carbocycles. The van der Waals surface area contributed by atoms with Gasteiger partial charge in [0.05, 0.1) is 0 Å². The van der Waals surface area contributed by atoms with Crippen LogP contribution < -0.4 is 4.74 Å². The summed E-state index contributed by atoms with van der Waals surface area (Å²) in [7, 11) is 0. The van der Waals surface area contributed by atoms with Gasteiger partial charge >= 0.3 is 5.97 Å². The molecular weight excluding hydrogens is 244 g/mol. The van der Waals surface area contributed by atoms with Gasteiger partial charge < -0.3 is 14.9 Å². The predicted molar refractivity (Wildman–Crippen MR) is 66.6 cm³/mol. The largest absolute Gasteiger partial charge is 0.478 e. The molecule has 0 heterocycles. The Bertz CT molecular complexity index is 346. The topological polar surface area (TPSA) is 66.8 Å². The minimum absolute atomic E-state index is 0.250. The second-order valence-electron chi connectivity index (χ2n) is 3.69. The monoisotopic (exact) mass is 260 g/mol. The van der Waals surface area contributed by atoms with E-state index in [0.29, 0.717) is 10.8 Å². The van der Waals surface area contributed by atoms with Crippen LogP contribution in [0.3, 0.4) is 0 Å². The lowest BCUT2D eigenvalue weighted by molar-refractivity contribution is -0.152. The maximum absolute atomic E-state index is 10.7. The number of aliphatic carboxylic acids is 1. The number of rotatable bonds is 3. The Hall–Kier alpha value is -1.26. The first-order chi connectivity index (χ1) is 7.83. The van der Waals surface area contributed by atoms with Crippen LogP contribution >= 0.6 is 11.6 Å². The van der Waals surface area contributed by atoms with Crippen LogP contribution in [0.5, 0.6) is 5.75 Å². The zero-order valence-corrected chi connectivity index (χ0v) is 10.9. The molecule has 1 aromatic rings. The Balaban J connectivity index is 0.000000770. The molecule has 0 spiro atoms. The SMILES string of the molecule is CC(C)(Oc1ccc(Cl)cc1)C(=O)O.CCO. The minimum Gasteiger partial charge on any atom is -0.478 e. The van der Waals surface area contributed by atoms with Gasteiger partial charge in [0.25, 0.3) is 0 Å². The summed E-state index contributed by atoms with van der Waals surface area (Å²) >= 11 is 5.67. The molecule has 2 N–H and O–H groups in total. The van der Waals surface area contributed by atoms with Gasteiger partial charge in [0.15, 0.2) is 5.60 Å². The molecule has 17 heavy (non-hydrogen) atoms. The predicted octanol–water partition coefficient (Wildman–Crippen LogP) is 2.58. The van der Waals surface area contributed by atoms with E-state index in [2.05, 4.69) is 0 Å². The van der Waals surface area contributed by atoms with Crippen LogP contribution in [-0.4, -0.2) is 28.4 Å². The first-order valence-corrected chi connectivity index (χ1v) is 5.50. The average molecular weight is 261 g/mol. The van der Waals surface area contributed by atoms with E-state index in [1.807, 2.05) is 0 Å². The lowest BCUT2D eigenvalue weighted by Gasteiger charge is -2.21. The molecule has 0 aliphatic heterocycles. The van der Waals surface area contributed by atoms with E-state index in [-0.39, 0.29) is 6.61 Å². The van der Waals surface area contributed by atoms with Gasteiger partial charge in [0, 0.05) is 11.6 Å². The van der Waals surface area contributed by atoms with Gasteiger partial charge in [-0.3, -0.25) is 0 Å². The van der Waals surface area contributed by atoms with Crippen molar-refractivity contribution in [3.8, 4) is 5.75 Å². The third-order valence-corrected chi connectivity index (χ3v) is 1.95. The summed E-state index contributed by atoms with van der Waals surface area (Å²) in [6.07, 6.45) is 0. The summed E-state index contributed by atoms with van der Waals surface area (Å²) in [5.41, 5.74) is -1.23. The van der Waals surface area contributed by atoms with Gasteiger partial charge in [-0.25, -0.2) is 4.79 Å². The molecule has 0 bridgehead atoms. The highest BCUT2D eigenvalue weighted by atomic mass is 35.5. The van der Waals surface area contributed by atoms with Crippen LogP contribution in [0, 0.1) is 0 Å². The minimum atomic E-state index is -1.23. The van der Waals surface area contributed by atoms with Gasteiger partial charge in [-0.2, -0.15) is 0 Å². The standard InChI is InChI=1S/C10H11ClO3.C2H6O/c1-10(2,9(12)13)14-8-5-3-7(11)4-6-8;1-2-3/h3-6H,1-2H3,(H,12,13);3H,2H2,1H3. The van der Waals surface area contributed by atoms with Crippen molar-refractivity contribution in [1.82, 2.24) is 0 Å². The van der Waals surface area contributed by atoms with E-state index in [9.17, 15) is 4.79 Å². The zero-order valence-electron chi connectivity index (χ0n) is 10.1. The zero-order chi connectivity index (χ0) is 13.5. The first-order valence-electron chi connectivity index (χ1n) is 5.12. The second-order valence-corrected chi connectivity index (χ2v) is 4.12. The Labute approximate surface area is 106 Å². The average Bonchev–Trinajstić information content (AvgIpc) is 2.22. The number of benzene rings is 1. The summed E-state index contributed by atoms with van der Waals surface area (Å²) in [4.78, 5) is 10.7. The third kappa shape index (κ3) is 6.14. The van der Waals surface area contributed by atoms with E-state index in [1.165, 1.54) is 13.8 Å². The number of ether oxygens (including phenoxy) is 1. The Kier molecular flexibility index (Phi) is 6.61. The van der Waals surface area contributed by atoms with E-state index in [0.717, 1.165) is 0 Å². The lowest BCUT2D eigenvalue weighted by Crippen LogP contribution is -2.37. The molecule has 0 aliphatic rings. The van der Waals surface area contributed by atoms with Gasteiger partial charge in [-0.05, 0) is 45.0 Å². The van der Waals surface area contributed by atoms with Crippen LogP contribution in [0.15, 0.2) is 24.3 Å². The summed E-state index contributed by atoms with van der Waals surface area (Å²) in [5.74, 6) is -0.519. The molecule has 96 valence electrons. The van der Waals surface area contributed by atoms with Crippen molar-refractivity contribution >= 4 is 17.6 Å². The summed E-state index contributed by atoms with van der Waals surface area (Å²) < 4.78 is 5.26. The molecule has 0 aromatic heterocycles.